The van der Waals surface area contributed by atoms with Crippen molar-refractivity contribution in [3.63, 3.8) is 0 Å². The van der Waals surface area contributed by atoms with Crippen LogP contribution in [0.25, 0.3) is 0 Å². The van der Waals surface area contributed by atoms with E-state index < -0.39 is 0 Å². The number of thiophene rings is 1. The fourth-order valence-electron chi connectivity index (χ4n) is 1.33. The molecule has 1 rings (SSSR count). The van der Waals surface area contributed by atoms with E-state index in [4.69, 9.17) is 0 Å². The van der Waals surface area contributed by atoms with E-state index in [0.29, 0.717) is 0 Å². The fourth-order valence-corrected chi connectivity index (χ4v) is 3.28. The predicted molar refractivity (Wildman–Crippen MR) is 76.0 cm³/mol. The third-order valence-corrected chi connectivity index (χ3v) is 4.80. The zero-order valence-corrected chi connectivity index (χ0v) is 12.3. The highest BCUT2D eigenvalue weighted by Crippen LogP contribution is 2.22. The maximum atomic E-state index is 3.54. The van der Waals surface area contributed by atoms with E-state index in [9.17, 15) is 0 Å². The van der Waals surface area contributed by atoms with Gasteiger partial charge in [0, 0.05) is 15.9 Å². The number of halogens is 1. The first-order valence-corrected chi connectivity index (χ1v) is 8.32. The summed E-state index contributed by atoms with van der Waals surface area (Å²) in [6.07, 6.45) is 6.17. The van der Waals surface area contributed by atoms with Crippen molar-refractivity contribution in [3.8, 4) is 0 Å². The third-order valence-electron chi connectivity index (χ3n) is 2.18. The quantitative estimate of drug-likeness (QED) is 0.725. The van der Waals surface area contributed by atoms with Crippen LogP contribution in [0.4, 0.5) is 0 Å². The molecular formula is C11H18BrNS2. The third kappa shape index (κ3) is 5.95. The van der Waals surface area contributed by atoms with Gasteiger partial charge in [0.15, 0.2) is 0 Å². The number of unbranched alkanes of at least 4 members (excludes halogenated alkanes) is 2. The second kappa shape index (κ2) is 8.62. The van der Waals surface area contributed by atoms with Crippen LogP contribution in [0.5, 0.6) is 0 Å². The summed E-state index contributed by atoms with van der Waals surface area (Å²) in [4.78, 5) is 1.40. The highest BCUT2D eigenvalue weighted by atomic mass is 79.9. The van der Waals surface area contributed by atoms with E-state index in [-0.39, 0.29) is 0 Å². The molecule has 0 bridgehead atoms. The van der Waals surface area contributed by atoms with Gasteiger partial charge in [-0.05, 0) is 58.8 Å². The summed E-state index contributed by atoms with van der Waals surface area (Å²) in [6, 6.07) is 2.11. The lowest BCUT2D eigenvalue weighted by atomic mass is 10.2. The molecule has 0 atom stereocenters. The first-order valence-electron chi connectivity index (χ1n) is 5.26. The first kappa shape index (κ1) is 13.6. The molecule has 0 radical (unpaired) electrons. The summed E-state index contributed by atoms with van der Waals surface area (Å²) in [6.45, 7) is 2.14. The van der Waals surface area contributed by atoms with Gasteiger partial charge in [0.25, 0.3) is 0 Å². The topological polar surface area (TPSA) is 12.0 Å². The Balaban J connectivity index is 1.96. The van der Waals surface area contributed by atoms with Gasteiger partial charge >= 0.3 is 0 Å². The Labute approximate surface area is 109 Å². The fraction of sp³-hybridized carbons (Fsp3) is 0.636. The van der Waals surface area contributed by atoms with Crippen LogP contribution in [0.2, 0.25) is 0 Å². The molecule has 1 nitrogen and oxygen atoms in total. The minimum Gasteiger partial charge on any atom is -0.312 e. The lowest BCUT2D eigenvalue weighted by Crippen LogP contribution is -2.14. The monoisotopic (exact) mass is 307 g/mol. The van der Waals surface area contributed by atoms with Crippen LogP contribution in [-0.4, -0.2) is 18.6 Å². The molecule has 1 aromatic rings. The van der Waals surface area contributed by atoms with Gasteiger partial charge in [0.2, 0.25) is 0 Å². The highest BCUT2D eigenvalue weighted by Gasteiger charge is 1.99. The summed E-state index contributed by atoms with van der Waals surface area (Å²) in [5.74, 6) is 1.30. The molecule has 15 heavy (non-hydrogen) atoms. The van der Waals surface area contributed by atoms with Gasteiger partial charge in [-0.3, -0.25) is 0 Å². The largest absolute Gasteiger partial charge is 0.312 e. The van der Waals surface area contributed by atoms with E-state index >= 15 is 0 Å². The summed E-state index contributed by atoms with van der Waals surface area (Å²) < 4.78 is 1.24. The SMILES string of the molecule is CSCCCCCNCc1sccc1Br. The van der Waals surface area contributed by atoms with Gasteiger partial charge in [-0.15, -0.1) is 11.3 Å². The lowest BCUT2D eigenvalue weighted by molar-refractivity contribution is 0.621. The smallest absolute Gasteiger partial charge is 0.0327 e. The molecule has 1 aromatic heterocycles. The lowest BCUT2D eigenvalue weighted by Gasteiger charge is -2.03. The van der Waals surface area contributed by atoms with Gasteiger partial charge in [0.05, 0.1) is 0 Å². The first-order chi connectivity index (χ1) is 7.34. The number of hydrogen-bond donors (Lipinski definition) is 1. The van der Waals surface area contributed by atoms with Crippen LogP contribution >= 0.6 is 39.0 Å². The van der Waals surface area contributed by atoms with E-state index in [2.05, 4.69) is 38.9 Å². The molecule has 0 aliphatic heterocycles. The Hall–Kier alpha value is 0.490. The summed E-state index contributed by atoms with van der Waals surface area (Å²) >= 11 is 7.29. The van der Waals surface area contributed by atoms with Crippen LogP contribution in [0.15, 0.2) is 15.9 Å². The molecular weight excluding hydrogens is 290 g/mol. The molecule has 1 heterocycles. The number of nitrogens with one attached hydrogen (secondary N) is 1. The van der Waals surface area contributed by atoms with Crippen LogP contribution in [-0.2, 0) is 6.54 Å². The average molecular weight is 308 g/mol. The Morgan fingerprint density at radius 3 is 2.93 bits per heavy atom. The Kier molecular flexibility index (Phi) is 7.79. The van der Waals surface area contributed by atoms with E-state index in [1.54, 1.807) is 0 Å². The van der Waals surface area contributed by atoms with Gasteiger partial charge in [-0.25, -0.2) is 0 Å². The molecule has 0 aliphatic carbocycles. The standard InChI is InChI=1S/C11H18BrNS2/c1-14-7-4-2-3-6-13-9-11-10(12)5-8-15-11/h5,8,13H,2-4,6-7,9H2,1H3. The van der Waals surface area contributed by atoms with Crippen molar-refractivity contribution in [2.24, 2.45) is 0 Å². The maximum absolute atomic E-state index is 3.54. The molecule has 0 saturated carbocycles. The minimum absolute atomic E-state index is 1.00. The molecule has 0 unspecified atom stereocenters. The Morgan fingerprint density at radius 2 is 2.27 bits per heavy atom. The summed E-state index contributed by atoms with van der Waals surface area (Å²) in [5.41, 5.74) is 0. The second-order valence-corrected chi connectivity index (χ2v) is 6.26. The molecule has 0 fully saturated rings. The van der Waals surface area contributed by atoms with Crippen LogP contribution in [0.1, 0.15) is 24.1 Å². The highest BCUT2D eigenvalue weighted by molar-refractivity contribution is 9.10. The van der Waals surface area contributed by atoms with Gasteiger partial charge in [-0.2, -0.15) is 11.8 Å². The predicted octanol–water partition coefficient (Wildman–Crippen LogP) is 4.13. The molecule has 1 N–H and O–H groups in total. The van der Waals surface area contributed by atoms with Crippen molar-refractivity contribution in [2.75, 3.05) is 18.6 Å². The molecule has 0 saturated heterocycles. The van der Waals surface area contributed by atoms with Crippen LogP contribution < -0.4 is 5.32 Å². The zero-order chi connectivity index (χ0) is 10.9. The van der Waals surface area contributed by atoms with E-state index in [1.165, 1.54) is 34.4 Å². The van der Waals surface area contributed by atoms with Gasteiger partial charge in [-0.1, -0.05) is 6.42 Å². The van der Waals surface area contributed by atoms with Crippen LogP contribution in [0, 0.1) is 0 Å². The van der Waals surface area contributed by atoms with Gasteiger partial charge in [0.1, 0.15) is 0 Å². The van der Waals surface area contributed by atoms with E-state index in [1.807, 2.05) is 23.1 Å². The molecule has 0 amide bonds. The maximum Gasteiger partial charge on any atom is 0.0327 e. The van der Waals surface area contributed by atoms with Crippen molar-refractivity contribution < 1.29 is 0 Å². The Bertz CT molecular complexity index is 263. The van der Waals surface area contributed by atoms with Crippen molar-refractivity contribution in [1.82, 2.24) is 5.32 Å². The molecule has 0 spiro atoms. The van der Waals surface area contributed by atoms with Crippen molar-refractivity contribution in [3.05, 3.63) is 20.8 Å². The Morgan fingerprint density at radius 1 is 1.40 bits per heavy atom. The molecule has 0 aromatic carbocycles. The zero-order valence-electron chi connectivity index (χ0n) is 9.09. The minimum atomic E-state index is 1.00. The average Bonchev–Trinajstić information content (AvgIpc) is 2.63. The normalized spacial score (nSPS) is 10.8. The van der Waals surface area contributed by atoms with Crippen molar-refractivity contribution >= 4 is 39.0 Å². The van der Waals surface area contributed by atoms with E-state index in [0.717, 1.165) is 13.1 Å². The van der Waals surface area contributed by atoms with Crippen molar-refractivity contribution in [2.45, 2.75) is 25.8 Å². The number of rotatable bonds is 8. The molecule has 86 valence electrons. The second-order valence-electron chi connectivity index (χ2n) is 3.42. The number of hydrogen-bond acceptors (Lipinski definition) is 3. The number of thioether (sulfide) groups is 1. The van der Waals surface area contributed by atoms with Crippen LogP contribution in [0.3, 0.4) is 0 Å². The van der Waals surface area contributed by atoms with Crippen molar-refractivity contribution in [1.29, 1.82) is 0 Å². The van der Waals surface area contributed by atoms with Gasteiger partial charge < -0.3 is 5.32 Å². The molecule has 0 aliphatic rings. The summed E-state index contributed by atoms with van der Waals surface area (Å²) in [7, 11) is 0. The summed E-state index contributed by atoms with van der Waals surface area (Å²) in [5, 5.41) is 5.60. The molecule has 4 heteroatoms.